The molecule has 3 aliphatic rings. The second kappa shape index (κ2) is 4.40. The van der Waals surface area contributed by atoms with E-state index in [2.05, 4.69) is 0 Å². The van der Waals surface area contributed by atoms with Gasteiger partial charge in [-0.05, 0) is 31.4 Å². The first-order valence-electron chi connectivity index (χ1n) is 7.15. The van der Waals surface area contributed by atoms with Crippen molar-refractivity contribution < 1.29 is 24.5 Å². The van der Waals surface area contributed by atoms with E-state index in [1.807, 2.05) is 6.92 Å². The number of aliphatic hydroxyl groups is 2. The van der Waals surface area contributed by atoms with E-state index >= 15 is 0 Å². The molecule has 6 atom stereocenters. The number of allylic oxidation sites excluding steroid dienone is 1. The average molecular weight is 280 g/mol. The summed E-state index contributed by atoms with van der Waals surface area (Å²) in [7, 11) is 0. The summed E-state index contributed by atoms with van der Waals surface area (Å²) in [6.45, 7) is 3.27. The van der Waals surface area contributed by atoms with Gasteiger partial charge in [0.15, 0.2) is 5.78 Å². The summed E-state index contributed by atoms with van der Waals surface area (Å²) in [5.74, 6) is -1.62. The molecule has 0 aromatic carbocycles. The fourth-order valence-electron chi connectivity index (χ4n) is 4.16. The summed E-state index contributed by atoms with van der Waals surface area (Å²) >= 11 is 0. The zero-order valence-electron chi connectivity index (χ0n) is 11.7. The van der Waals surface area contributed by atoms with Gasteiger partial charge < -0.3 is 14.9 Å². The number of aliphatic hydroxyl groups excluding tert-OH is 1. The Hall–Kier alpha value is -1.20. The Kier molecular flexibility index (Phi) is 3.03. The topological polar surface area (TPSA) is 83.8 Å². The SMILES string of the molecule is CC1C(=O)OC2C1CCC(C)(O)C1C(=O)C=C(CO)C21. The second-order valence-electron chi connectivity index (χ2n) is 6.53. The van der Waals surface area contributed by atoms with Gasteiger partial charge in [-0.25, -0.2) is 0 Å². The highest BCUT2D eigenvalue weighted by molar-refractivity contribution is 5.97. The van der Waals surface area contributed by atoms with Crippen LogP contribution in [0.25, 0.3) is 0 Å². The molecule has 0 spiro atoms. The molecule has 3 rings (SSSR count). The van der Waals surface area contributed by atoms with Crippen LogP contribution in [0.15, 0.2) is 11.6 Å². The van der Waals surface area contributed by atoms with Crippen LogP contribution in [0.1, 0.15) is 26.7 Å². The number of esters is 1. The number of ether oxygens (including phenoxy) is 1. The van der Waals surface area contributed by atoms with Gasteiger partial charge in [-0.3, -0.25) is 9.59 Å². The molecule has 1 aliphatic heterocycles. The van der Waals surface area contributed by atoms with E-state index in [0.29, 0.717) is 18.4 Å². The summed E-state index contributed by atoms with van der Waals surface area (Å²) in [6.07, 6.45) is 2.14. The Morgan fingerprint density at radius 2 is 2.15 bits per heavy atom. The van der Waals surface area contributed by atoms with Gasteiger partial charge in [0, 0.05) is 11.8 Å². The Balaban J connectivity index is 2.05. The van der Waals surface area contributed by atoms with Gasteiger partial charge in [0.1, 0.15) is 6.10 Å². The number of ketones is 1. The van der Waals surface area contributed by atoms with Crippen molar-refractivity contribution >= 4 is 11.8 Å². The molecular formula is C15H20O5. The summed E-state index contributed by atoms with van der Waals surface area (Å²) in [6, 6.07) is 0. The van der Waals surface area contributed by atoms with Crippen molar-refractivity contribution in [3.05, 3.63) is 11.6 Å². The van der Waals surface area contributed by atoms with E-state index in [9.17, 15) is 19.8 Å². The van der Waals surface area contributed by atoms with Crippen molar-refractivity contribution in [2.24, 2.45) is 23.7 Å². The first-order chi connectivity index (χ1) is 9.36. The van der Waals surface area contributed by atoms with Crippen LogP contribution in [0, 0.1) is 23.7 Å². The molecule has 110 valence electrons. The summed E-state index contributed by atoms with van der Waals surface area (Å²) in [5.41, 5.74) is -0.537. The molecule has 0 radical (unpaired) electrons. The van der Waals surface area contributed by atoms with Crippen LogP contribution < -0.4 is 0 Å². The van der Waals surface area contributed by atoms with Gasteiger partial charge in [-0.15, -0.1) is 0 Å². The molecule has 0 aromatic heterocycles. The van der Waals surface area contributed by atoms with Crippen LogP contribution in [0.3, 0.4) is 0 Å². The zero-order valence-corrected chi connectivity index (χ0v) is 11.7. The first-order valence-corrected chi connectivity index (χ1v) is 7.15. The Morgan fingerprint density at radius 3 is 2.80 bits per heavy atom. The van der Waals surface area contributed by atoms with Gasteiger partial charge >= 0.3 is 5.97 Å². The van der Waals surface area contributed by atoms with Crippen LogP contribution in [-0.2, 0) is 14.3 Å². The van der Waals surface area contributed by atoms with Crippen LogP contribution in [0.2, 0.25) is 0 Å². The van der Waals surface area contributed by atoms with Crippen molar-refractivity contribution in [2.75, 3.05) is 6.61 Å². The summed E-state index contributed by atoms with van der Waals surface area (Å²) < 4.78 is 5.49. The van der Waals surface area contributed by atoms with Crippen LogP contribution in [-0.4, -0.2) is 40.3 Å². The van der Waals surface area contributed by atoms with E-state index in [1.165, 1.54) is 6.08 Å². The minimum absolute atomic E-state index is 0.00447. The highest BCUT2D eigenvalue weighted by Crippen LogP contribution is 2.51. The summed E-state index contributed by atoms with van der Waals surface area (Å²) in [4.78, 5) is 24.0. The van der Waals surface area contributed by atoms with Gasteiger partial charge in [0.25, 0.3) is 0 Å². The van der Waals surface area contributed by atoms with Crippen molar-refractivity contribution in [2.45, 2.75) is 38.4 Å². The molecule has 1 saturated carbocycles. The Bertz CT molecular complexity index is 492. The van der Waals surface area contributed by atoms with E-state index < -0.39 is 17.6 Å². The third-order valence-corrected chi connectivity index (χ3v) is 5.30. The predicted molar refractivity (Wildman–Crippen MR) is 69.5 cm³/mol. The molecule has 0 amide bonds. The Labute approximate surface area is 117 Å². The van der Waals surface area contributed by atoms with E-state index in [-0.39, 0.29) is 36.1 Å². The molecular weight excluding hydrogens is 260 g/mol. The molecule has 0 bridgehead atoms. The molecule has 6 unspecified atom stereocenters. The zero-order chi connectivity index (χ0) is 14.7. The van der Waals surface area contributed by atoms with Gasteiger partial charge in [-0.1, -0.05) is 6.92 Å². The molecule has 1 heterocycles. The number of fused-ring (bicyclic) bond motifs is 3. The standard InChI is InChI=1S/C15H20O5/c1-7-9-3-4-15(2,19)12-10(17)5-8(6-16)11(12)13(9)20-14(7)18/h5,7,9,11-13,16,19H,3-4,6H2,1-2H3. The van der Waals surface area contributed by atoms with Crippen molar-refractivity contribution in [3.63, 3.8) is 0 Å². The fourth-order valence-corrected chi connectivity index (χ4v) is 4.16. The molecule has 5 heteroatoms. The molecule has 5 nitrogen and oxygen atoms in total. The van der Waals surface area contributed by atoms with Crippen molar-refractivity contribution in [3.8, 4) is 0 Å². The number of carbonyl (C=O) groups is 2. The lowest BCUT2D eigenvalue weighted by Crippen LogP contribution is -2.43. The molecule has 2 fully saturated rings. The normalized spacial score (nSPS) is 47.4. The van der Waals surface area contributed by atoms with Gasteiger partial charge in [0.05, 0.1) is 24.0 Å². The first kappa shape index (κ1) is 13.8. The number of hydrogen-bond acceptors (Lipinski definition) is 5. The average Bonchev–Trinajstić information content (AvgIpc) is 2.82. The molecule has 1 saturated heterocycles. The van der Waals surface area contributed by atoms with Gasteiger partial charge in [0.2, 0.25) is 0 Å². The van der Waals surface area contributed by atoms with Crippen LogP contribution in [0.4, 0.5) is 0 Å². The summed E-state index contributed by atoms with van der Waals surface area (Å²) in [5, 5.41) is 20.1. The minimum Gasteiger partial charge on any atom is -0.461 e. The third-order valence-electron chi connectivity index (χ3n) is 5.30. The number of hydrogen-bond donors (Lipinski definition) is 2. The maximum Gasteiger partial charge on any atom is 0.309 e. The van der Waals surface area contributed by atoms with Crippen molar-refractivity contribution in [1.82, 2.24) is 0 Å². The molecule has 0 aromatic rings. The quantitative estimate of drug-likeness (QED) is 0.681. The fraction of sp³-hybridized carbons (Fsp3) is 0.733. The monoisotopic (exact) mass is 280 g/mol. The van der Waals surface area contributed by atoms with Gasteiger partial charge in [-0.2, -0.15) is 0 Å². The predicted octanol–water partition coefficient (Wildman–Crippen LogP) is 0.443. The highest BCUT2D eigenvalue weighted by Gasteiger charge is 2.58. The number of rotatable bonds is 1. The lowest BCUT2D eigenvalue weighted by Gasteiger charge is -2.33. The maximum atomic E-state index is 12.2. The highest BCUT2D eigenvalue weighted by atomic mass is 16.6. The van der Waals surface area contributed by atoms with E-state index in [0.717, 1.165) is 0 Å². The van der Waals surface area contributed by atoms with Crippen molar-refractivity contribution in [1.29, 1.82) is 0 Å². The van der Waals surface area contributed by atoms with Crippen LogP contribution >= 0.6 is 0 Å². The smallest absolute Gasteiger partial charge is 0.309 e. The Morgan fingerprint density at radius 1 is 1.45 bits per heavy atom. The lowest BCUT2D eigenvalue weighted by atomic mass is 9.75. The molecule has 2 N–H and O–H groups in total. The largest absolute Gasteiger partial charge is 0.461 e. The molecule has 20 heavy (non-hydrogen) atoms. The molecule has 2 aliphatic carbocycles. The van der Waals surface area contributed by atoms with E-state index in [1.54, 1.807) is 6.92 Å². The third kappa shape index (κ3) is 1.76. The van der Waals surface area contributed by atoms with Crippen LogP contribution in [0.5, 0.6) is 0 Å². The second-order valence-corrected chi connectivity index (χ2v) is 6.53. The lowest BCUT2D eigenvalue weighted by molar-refractivity contribution is -0.148. The maximum absolute atomic E-state index is 12.2. The number of carbonyl (C=O) groups excluding carboxylic acids is 2. The minimum atomic E-state index is -1.12. The van der Waals surface area contributed by atoms with E-state index in [4.69, 9.17) is 4.74 Å².